The van der Waals surface area contributed by atoms with Crippen molar-refractivity contribution in [3.8, 4) is 0 Å². The van der Waals surface area contributed by atoms with Crippen LogP contribution >= 0.6 is 25.0 Å². The van der Waals surface area contributed by atoms with E-state index >= 15 is 0 Å². The molecule has 11 heavy (non-hydrogen) atoms. The van der Waals surface area contributed by atoms with Gasteiger partial charge in [0.05, 0.1) is 0 Å². The lowest BCUT2D eigenvalue weighted by Crippen LogP contribution is -2.17. The molecule has 0 aromatic carbocycles. The van der Waals surface area contributed by atoms with Crippen LogP contribution in [-0.4, -0.2) is 11.8 Å². The Kier molecular flexibility index (Phi) is 13.6. The smallest absolute Gasteiger partial charge is 0.00362 e. The average Bonchev–Trinajstić information content (AvgIpc) is 1.98. The summed E-state index contributed by atoms with van der Waals surface area (Å²) >= 11 is 4.14. The monoisotopic (exact) mass is 197 g/mol. The minimum atomic E-state index is 0. The van der Waals surface area contributed by atoms with Crippen LogP contribution < -0.4 is 5.73 Å². The van der Waals surface area contributed by atoms with Gasteiger partial charge in [-0.05, 0) is 25.0 Å². The molecule has 0 amide bonds. The summed E-state index contributed by atoms with van der Waals surface area (Å²) in [6, 6.07) is 0.430. The summed E-state index contributed by atoms with van der Waals surface area (Å²) in [6.45, 7) is 2.14. The zero-order valence-corrected chi connectivity index (χ0v) is 8.96. The lowest BCUT2D eigenvalue weighted by molar-refractivity contribution is 0.549. The van der Waals surface area contributed by atoms with E-state index in [1.54, 1.807) is 0 Å². The first kappa shape index (κ1) is 14.1. The van der Waals surface area contributed by atoms with Crippen molar-refractivity contribution in [2.24, 2.45) is 5.73 Å². The topological polar surface area (TPSA) is 26.0 Å². The van der Waals surface area contributed by atoms with Crippen LogP contribution in [0.1, 0.15) is 39.0 Å². The van der Waals surface area contributed by atoms with Gasteiger partial charge in [0.25, 0.3) is 0 Å². The first-order valence-corrected chi connectivity index (χ1v) is 4.81. The van der Waals surface area contributed by atoms with Gasteiger partial charge in [-0.2, -0.15) is 12.6 Å². The third-order valence-corrected chi connectivity index (χ3v) is 2.07. The van der Waals surface area contributed by atoms with Gasteiger partial charge in [-0.1, -0.05) is 19.8 Å². The van der Waals surface area contributed by atoms with Crippen molar-refractivity contribution in [2.45, 2.75) is 45.1 Å². The highest BCUT2D eigenvalue weighted by Crippen LogP contribution is 2.04. The second-order valence-corrected chi connectivity index (χ2v) is 3.19. The van der Waals surface area contributed by atoms with Crippen LogP contribution in [0, 0.1) is 0 Å². The molecular weight excluding hydrogens is 178 g/mol. The summed E-state index contributed by atoms with van der Waals surface area (Å²) in [4.78, 5) is 0. The van der Waals surface area contributed by atoms with Crippen LogP contribution in [0.5, 0.6) is 0 Å². The molecule has 3 heteroatoms. The predicted molar refractivity (Wildman–Crippen MR) is 57.8 cm³/mol. The third kappa shape index (κ3) is 10.6. The number of hydrogen-bond donors (Lipinski definition) is 2. The quantitative estimate of drug-likeness (QED) is 0.497. The average molecular weight is 198 g/mol. The lowest BCUT2D eigenvalue weighted by atomic mass is 10.1. The van der Waals surface area contributed by atoms with E-state index < -0.39 is 0 Å². The van der Waals surface area contributed by atoms with Gasteiger partial charge in [0.1, 0.15) is 0 Å². The fourth-order valence-corrected chi connectivity index (χ4v) is 1.12. The van der Waals surface area contributed by atoms with Crippen LogP contribution in [0.3, 0.4) is 0 Å². The van der Waals surface area contributed by atoms with Gasteiger partial charge >= 0.3 is 0 Å². The van der Waals surface area contributed by atoms with Crippen LogP contribution in [0.25, 0.3) is 0 Å². The van der Waals surface area contributed by atoms with E-state index in [1.165, 1.54) is 25.7 Å². The minimum absolute atomic E-state index is 0. The molecule has 0 aliphatic heterocycles. The molecule has 0 radical (unpaired) electrons. The summed E-state index contributed by atoms with van der Waals surface area (Å²) in [7, 11) is 0. The third-order valence-electron chi connectivity index (χ3n) is 1.76. The Morgan fingerprint density at radius 1 is 1.27 bits per heavy atom. The molecule has 70 valence electrons. The van der Waals surface area contributed by atoms with Crippen LogP contribution in [0.2, 0.25) is 0 Å². The number of thiol groups is 1. The molecule has 1 atom stereocenters. The molecular formula is C8H20ClNS. The molecule has 0 aromatic heterocycles. The van der Waals surface area contributed by atoms with E-state index in [-0.39, 0.29) is 12.4 Å². The molecule has 1 unspecified atom stereocenters. The van der Waals surface area contributed by atoms with Gasteiger partial charge in [-0.3, -0.25) is 0 Å². The van der Waals surface area contributed by atoms with Crippen LogP contribution in [-0.2, 0) is 0 Å². The van der Waals surface area contributed by atoms with Gasteiger partial charge in [-0.25, -0.2) is 0 Å². The maximum atomic E-state index is 5.74. The zero-order chi connectivity index (χ0) is 7.82. The van der Waals surface area contributed by atoms with E-state index in [9.17, 15) is 0 Å². The van der Waals surface area contributed by atoms with E-state index in [1.807, 2.05) is 0 Å². The minimum Gasteiger partial charge on any atom is -0.328 e. The fourth-order valence-electron chi connectivity index (χ4n) is 0.899. The molecule has 0 rings (SSSR count). The molecule has 0 heterocycles. The Labute approximate surface area is 81.9 Å². The normalized spacial score (nSPS) is 12.3. The molecule has 0 aromatic rings. The molecule has 0 saturated carbocycles. The largest absolute Gasteiger partial charge is 0.328 e. The first-order valence-electron chi connectivity index (χ1n) is 4.17. The lowest BCUT2D eigenvalue weighted by Gasteiger charge is -2.06. The highest BCUT2D eigenvalue weighted by molar-refractivity contribution is 7.80. The molecule has 0 aliphatic rings. The van der Waals surface area contributed by atoms with Crippen molar-refractivity contribution in [1.29, 1.82) is 0 Å². The van der Waals surface area contributed by atoms with Gasteiger partial charge in [0.15, 0.2) is 0 Å². The van der Waals surface area contributed by atoms with E-state index in [4.69, 9.17) is 5.73 Å². The Bertz CT molecular complexity index is 71.1. The standard InChI is InChI=1S/C8H19NS.ClH/c1-2-8(9)6-4-3-5-7-10;/h8,10H,2-7,9H2,1H3;1H. The van der Waals surface area contributed by atoms with Crippen molar-refractivity contribution in [3.63, 3.8) is 0 Å². The Morgan fingerprint density at radius 3 is 2.36 bits per heavy atom. The summed E-state index contributed by atoms with van der Waals surface area (Å²) in [5.41, 5.74) is 5.74. The summed E-state index contributed by atoms with van der Waals surface area (Å²) in [5, 5.41) is 0. The zero-order valence-electron chi connectivity index (χ0n) is 7.25. The Balaban J connectivity index is 0. The van der Waals surface area contributed by atoms with Gasteiger partial charge in [0.2, 0.25) is 0 Å². The first-order chi connectivity index (χ1) is 4.81. The maximum absolute atomic E-state index is 5.74. The number of rotatable bonds is 6. The molecule has 1 nitrogen and oxygen atoms in total. The van der Waals surface area contributed by atoms with Crippen LogP contribution in [0.4, 0.5) is 0 Å². The fraction of sp³-hybridized carbons (Fsp3) is 1.00. The van der Waals surface area contributed by atoms with Crippen molar-refractivity contribution < 1.29 is 0 Å². The van der Waals surface area contributed by atoms with Crippen molar-refractivity contribution in [2.75, 3.05) is 5.75 Å². The maximum Gasteiger partial charge on any atom is 0.00362 e. The second kappa shape index (κ2) is 10.6. The summed E-state index contributed by atoms with van der Waals surface area (Å²) in [6.07, 6.45) is 6.09. The predicted octanol–water partition coefficient (Wildman–Crippen LogP) is 2.64. The van der Waals surface area contributed by atoms with E-state index in [0.717, 1.165) is 12.2 Å². The highest BCUT2D eigenvalue weighted by atomic mass is 35.5. The molecule has 0 fully saturated rings. The summed E-state index contributed by atoms with van der Waals surface area (Å²) < 4.78 is 0. The number of nitrogens with two attached hydrogens (primary N) is 1. The van der Waals surface area contributed by atoms with Gasteiger partial charge < -0.3 is 5.73 Å². The van der Waals surface area contributed by atoms with Crippen molar-refractivity contribution in [3.05, 3.63) is 0 Å². The number of halogens is 1. The summed E-state index contributed by atoms with van der Waals surface area (Å²) in [5.74, 6) is 1.02. The SMILES string of the molecule is CCC(N)CCCCCS.Cl. The molecule has 0 saturated heterocycles. The van der Waals surface area contributed by atoms with Crippen LogP contribution in [0.15, 0.2) is 0 Å². The second-order valence-electron chi connectivity index (χ2n) is 2.74. The van der Waals surface area contributed by atoms with Gasteiger partial charge in [0, 0.05) is 6.04 Å². The van der Waals surface area contributed by atoms with Gasteiger partial charge in [-0.15, -0.1) is 12.4 Å². The highest BCUT2D eigenvalue weighted by Gasteiger charge is 1.96. The van der Waals surface area contributed by atoms with E-state index in [0.29, 0.717) is 6.04 Å². The van der Waals surface area contributed by atoms with E-state index in [2.05, 4.69) is 19.6 Å². The molecule has 2 N–H and O–H groups in total. The Hall–Kier alpha value is 0.600. The number of unbranched alkanes of at least 4 members (excludes halogenated alkanes) is 2. The number of hydrogen-bond acceptors (Lipinski definition) is 2. The van der Waals surface area contributed by atoms with Crippen molar-refractivity contribution >= 4 is 25.0 Å². The molecule has 0 aliphatic carbocycles. The Morgan fingerprint density at radius 2 is 1.91 bits per heavy atom. The molecule has 0 bridgehead atoms. The van der Waals surface area contributed by atoms with Crippen molar-refractivity contribution in [1.82, 2.24) is 0 Å². The molecule has 0 spiro atoms.